The molecule has 1 aromatic heterocycles. The largest absolute Gasteiger partial charge is 0.452 e. The van der Waals surface area contributed by atoms with Crippen molar-refractivity contribution in [1.29, 1.82) is 5.26 Å². The average molecular weight is 376 g/mol. The summed E-state index contributed by atoms with van der Waals surface area (Å²) in [7, 11) is 0. The molecule has 3 rings (SSSR count). The Morgan fingerprint density at radius 1 is 1.14 bits per heavy atom. The molecule has 28 heavy (non-hydrogen) atoms. The first kappa shape index (κ1) is 18.8. The van der Waals surface area contributed by atoms with Crippen LogP contribution in [0.3, 0.4) is 0 Å². The van der Waals surface area contributed by atoms with Crippen LogP contribution in [0.2, 0.25) is 0 Å². The fourth-order valence-electron chi connectivity index (χ4n) is 2.37. The zero-order valence-corrected chi connectivity index (χ0v) is 15.0. The van der Waals surface area contributed by atoms with Gasteiger partial charge in [0.15, 0.2) is 12.4 Å². The van der Waals surface area contributed by atoms with Crippen molar-refractivity contribution in [3.8, 4) is 17.5 Å². The molecule has 0 unspecified atom stereocenters. The standard InChI is InChI=1S/C20H16N4O4/c1-13-22-19(28-24-13)15-4-6-16(7-5-15)20(26)27-12-18(25)23-17-8-2-14(3-9-17)10-11-21/h2-9H,10,12H2,1H3,(H,23,25). The van der Waals surface area contributed by atoms with Gasteiger partial charge in [0, 0.05) is 11.3 Å². The SMILES string of the molecule is Cc1noc(-c2ccc(C(=O)OCC(=O)Nc3ccc(CC#N)cc3)cc2)n1. The molecule has 1 amide bonds. The number of nitrogens with one attached hydrogen (secondary N) is 1. The molecule has 8 nitrogen and oxygen atoms in total. The quantitative estimate of drug-likeness (QED) is 0.657. The van der Waals surface area contributed by atoms with Gasteiger partial charge in [-0.1, -0.05) is 17.3 Å². The van der Waals surface area contributed by atoms with Gasteiger partial charge in [-0.15, -0.1) is 0 Å². The highest BCUT2D eigenvalue weighted by Crippen LogP contribution is 2.18. The van der Waals surface area contributed by atoms with E-state index in [1.807, 2.05) is 6.07 Å². The molecule has 2 aromatic carbocycles. The van der Waals surface area contributed by atoms with Crippen molar-refractivity contribution in [2.75, 3.05) is 11.9 Å². The van der Waals surface area contributed by atoms with Crippen molar-refractivity contribution in [3.05, 3.63) is 65.5 Å². The first-order chi connectivity index (χ1) is 13.5. The number of ether oxygens (including phenoxy) is 1. The minimum atomic E-state index is -0.618. The van der Waals surface area contributed by atoms with E-state index in [0.29, 0.717) is 35.0 Å². The Hall–Kier alpha value is -3.99. The van der Waals surface area contributed by atoms with Crippen molar-refractivity contribution in [1.82, 2.24) is 10.1 Å². The van der Waals surface area contributed by atoms with E-state index in [1.54, 1.807) is 55.5 Å². The number of rotatable bonds is 6. The summed E-state index contributed by atoms with van der Waals surface area (Å²) in [5.74, 6) is -0.200. The Morgan fingerprint density at radius 2 is 1.86 bits per heavy atom. The number of nitriles is 1. The predicted octanol–water partition coefficient (Wildman–Crippen LogP) is 2.91. The Balaban J connectivity index is 1.52. The lowest BCUT2D eigenvalue weighted by molar-refractivity contribution is -0.119. The van der Waals surface area contributed by atoms with E-state index in [0.717, 1.165) is 5.56 Å². The zero-order valence-electron chi connectivity index (χ0n) is 15.0. The first-order valence-electron chi connectivity index (χ1n) is 8.39. The maximum atomic E-state index is 12.1. The van der Waals surface area contributed by atoms with Crippen molar-refractivity contribution < 1.29 is 18.8 Å². The van der Waals surface area contributed by atoms with Crippen LogP contribution in [0.1, 0.15) is 21.7 Å². The van der Waals surface area contributed by atoms with Crippen LogP contribution in [0.25, 0.3) is 11.5 Å². The Morgan fingerprint density at radius 3 is 2.46 bits per heavy atom. The number of aryl methyl sites for hydroxylation is 1. The number of carbonyl (C=O) groups excluding carboxylic acids is 2. The molecule has 0 saturated carbocycles. The summed E-state index contributed by atoms with van der Waals surface area (Å²) in [5.41, 5.74) is 2.39. The number of nitrogens with zero attached hydrogens (tertiary/aromatic N) is 3. The number of esters is 1. The van der Waals surface area contributed by atoms with E-state index in [1.165, 1.54) is 0 Å². The lowest BCUT2D eigenvalue weighted by Crippen LogP contribution is -2.20. The van der Waals surface area contributed by atoms with Gasteiger partial charge in [0.1, 0.15) is 0 Å². The Labute approximate surface area is 160 Å². The Kier molecular flexibility index (Phi) is 5.77. The summed E-state index contributed by atoms with van der Waals surface area (Å²) < 4.78 is 10.1. The molecule has 0 aliphatic rings. The molecule has 140 valence electrons. The van der Waals surface area contributed by atoms with Crippen LogP contribution in [-0.4, -0.2) is 28.6 Å². The minimum Gasteiger partial charge on any atom is -0.452 e. The molecule has 0 radical (unpaired) electrons. The van der Waals surface area contributed by atoms with E-state index in [9.17, 15) is 9.59 Å². The molecule has 0 aliphatic heterocycles. The monoisotopic (exact) mass is 376 g/mol. The molecule has 3 aromatic rings. The minimum absolute atomic E-state index is 0.300. The fraction of sp³-hybridized carbons (Fsp3) is 0.150. The van der Waals surface area contributed by atoms with Gasteiger partial charge in [-0.25, -0.2) is 4.79 Å². The van der Waals surface area contributed by atoms with E-state index in [4.69, 9.17) is 14.5 Å². The van der Waals surface area contributed by atoms with E-state index >= 15 is 0 Å². The number of amides is 1. The highest BCUT2D eigenvalue weighted by atomic mass is 16.5. The molecule has 0 saturated heterocycles. The van der Waals surface area contributed by atoms with Crippen LogP contribution >= 0.6 is 0 Å². The number of hydrogen-bond acceptors (Lipinski definition) is 7. The number of hydrogen-bond donors (Lipinski definition) is 1. The van der Waals surface area contributed by atoms with Gasteiger partial charge in [0.05, 0.1) is 18.1 Å². The topological polar surface area (TPSA) is 118 Å². The third-order valence-electron chi connectivity index (χ3n) is 3.75. The molecule has 0 aliphatic carbocycles. The second-order valence-corrected chi connectivity index (χ2v) is 5.88. The molecule has 0 fully saturated rings. The number of benzene rings is 2. The van der Waals surface area contributed by atoms with Crippen LogP contribution in [0, 0.1) is 18.3 Å². The zero-order chi connectivity index (χ0) is 19.9. The van der Waals surface area contributed by atoms with Crippen molar-refractivity contribution in [2.45, 2.75) is 13.3 Å². The van der Waals surface area contributed by atoms with E-state index in [2.05, 4.69) is 15.5 Å². The van der Waals surface area contributed by atoms with Crippen LogP contribution < -0.4 is 5.32 Å². The maximum Gasteiger partial charge on any atom is 0.338 e. The van der Waals surface area contributed by atoms with Gasteiger partial charge in [0.25, 0.3) is 11.8 Å². The first-order valence-corrected chi connectivity index (χ1v) is 8.39. The highest BCUT2D eigenvalue weighted by Gasteiger charge is 2.12. The van der Waals surface area contributed by atoms with Crippen LogP contribution in [0.15, 0.2) is 53.1 Å². The lowest BCUT2D eigenvalue weighted by Gasteiger charge is -2.07. The molecule has 1 heterocycles. The lowest BCUT2D eigenvalue weighted by atomic mass is 10.1. The van der Waals surface area contributed by atoms with Crippen LogP contribution in [0.4, 0.5) is 5.69 Å². The van der Waals surface area contributed by atoms with E-state index in [-0.39, 0.29) is 0 Å². The molecule has 0 atom stereocenters. The maximum absolute atomic E-state index is 12.1. The van der Waals surface area contributed by atoms with Gasteiger partial charge in [-0.3, -0.25) is 4.79 Å². The van der Waals surface area contributed by atoms with Gasteiger partial charge < -0.3 is 14.6 Å². The van der Waals surface area contributed by atoms with Crippen LogP contribution in [0.5, 0.6) is 0 Å². The summed E-state index contributed by atoms with van der Waals surface area (Å²) >= 11 is 0. The molecular formula is C20H16N4O4. The average Bonchev–Trinajstić information content (AvgIpc) is 3.14. The highest BCUT2D eigenvalue weighted by molar-refractivity contribution is 5.95. The van der Waals surface area contributed by atoms with Gasteiger partial charge >= 0.3 is 5.97 Å². The molecular weight excluding hydrogens is 360 g/mol. The van der Waals surface area contributed by atoms with E-state index < -0.39 is 18.5 Å². The summed E-state index contributed by atoms with van der Waals surface area (Å²) in [4.78, 5) is 28.1. The van der Waals surface area contributed by atoms with Crippen LogP contribution in [-0.2, 0) is 16.0 Å². The third kappa shape index (κ3) is 4.80. The number of carbonyl (C=O) groups is 2. The van der Waals surface area contributed by atoms with Crippen molar-refractivity contribution in [2.24, 2.45) is 0 Å². The fourth-order valence-corrected chi connectivity index (χ4v) is 2.37. The molecule has 0 bridgehead atoms. The summed E-state index contributed by atoms with van der Waals surface area (Å²) in [6, 6.07) is 15.3. The van der Waals surface area contributed by atoms with Crippen molar-refractivity contribution in [3.63, 3.8) is 0 Å². The molecule has 1 N–H and O–H groups in total. The normalized spacial score (nSPS) is 10.1. The number of anilines is 1. The molecule has 0 spiro atoms. The summed E-state index contributed by atoms with van der Waals surface area (Å²) in [6.45, 7) is 1.30. The van der Waals surface area contributed by atoms with Gasteiger partial charge in [-0.2, -0.15) is 10.2 Å². The second kappa shape index (κ2) is 8.60. The third-order valence-corrected chi connectivity index (χ3v) is 3.75. The second-order valence-electron chi connectivity index (χ2n) is 5.88. The number of aromatic nitrogens is 2. The smallest absolute Gasteiger partial charge is 0.338 e. The molecule has 8 heteroatoms. The predicted molar refractivity (Wildman–Crippen MR) is 99.1 cm³/mol. The van der Waals surface area contributed by atoms with Crippen molar-refractivity contribution >= 4 is 17.6 Å². The Bertz CT molecular complexity index is 1020. The van der Waals surface area contributed by atoms with Gasteiger partial charge in [-0.05, 0) is 48.9 Å². The van der Waals surface area contributed by atoms with Gasteiger partial charge in [0.2, 0.25) is 0 Å². The summed E-state index contributed by atoms with van der Waals surface area (Å²) in [6.07, 6.45) is 0.302. The summed E-state index contributed by atoms with van der Waals surface area (Å²) in [5, 5.41) is 15.0.